The highest BCUT2D eigenvalue weighted by Gasteiger charge is 2.07. The van der Waals surface area contributed by atoms with Crippen molar-refractivity contribution in [1.82, 2.24) is 14.5 Å². The SMILES string of the molecule is CCCCN(CCO)Cc1nccn1C. The minimum Gasteiger partial charge on any atom is -0.395 e. The maximum absolute atomic E-state index is 8.97. The fraction of sp³-hybridized carbons (Fsp3) is 0.727. The minimum absolute atomic E-state index is 0.216. The molecule has 4 heteroatoms. The quantitative estimate of drug-likeness (QED) is 0.732. The van der Waals surface area contributed by atoms with Gasteiger partial charge >= 0.3 is 0 Å². The lowest BCUT2D eigenvalue weighted by Gasteiger charge is -2.20. The minimum atomic E-state index is 0.216. The van der Waals surface area contributed by atoms with Gasteiger partial charge in [0.2, 0.25) is 0 Å². The fourth-order valence-corrected chi connectivity index (χ4v) is 1.54. The number of aromatic nitrogens is 2. The third-order valence-electron chi connectivity index (χ3n) is 2.53. The third-order valence-corrected chi connectivity index (χ3v) is 2.53. The standard InChI is InChI=1S/C11H21N3O/c1-3-4-6-14(8-9-15)10-11-12-5-7-13(11)2/h5,7,15H,3-4,6,8-10H2,1-2H3. The van der Waals surface area contributed by atoms with E-state index in [4.69, 9.17) is 5.11 Å². The van der Waals surface area contributed by atoms with Crippen LogP contribution in [-0.4, -0.2) is 39.3 Å². The van der Waals surface area contributed by atoms with Crippen LogP contribution in [0.2, 0.25) is 0 Å². The molecule has 0 bridgehead atoms. The Kier molecular flexibility index (Phi) is 5.36. The van der Waals surface area contributed by atoms with Crippen LogP contribution in [0.3, 0.4) is 0 Å². The van der Waals surface area contributed by atoms with Gasteiger partial charge in [0.15, 0.2) is 0 Å². The summed E-state index contributed by atoms with van der Waals surface area (Å²) in [6.07, 6.45) is 6.12. The normalized spacial score (nSPS) is 11.2. The van der Waals surface area contributed by atoms with Crippen LogP contribution in [0.25, 0.3) is 0 Å². The maximum Gasteiger partial charge on any atom is 0.122 e. The summed E-state index contributed by atoms with van der Waals surface area (Å²) < 4.78 is 2.02. The summed E-state index contributed by atoms with van der Waals surface area (Å²) in [5.74, 6) is 1.06. The van der Waals surface area contributed by atoms with Crippen LogP contribution in [0.1, 0.15) is 25.6 Å². The van der Waals surface area contributed by atoms with Crippen LogP contribution in [0, 0.1) is 0 Å². The van der Waals surface area contributed by atoms with E-state index in [1.165, 1.54) is 12.8 Å². The van der Waals surface area contributed by atoms with Crippen molar-refractivity contribution >= 4 is 0 Å². The lowest BCUT2D eigenvalue weighted by Crippen LogP contribution is -2.28. The monoisotopic (exact) mass is 211 g/mol. The van der Waals surface area contributed by atoms with Gasteiger partial charge in [0, 0.05) is 26.0 Å². The average Bonchev–Trinajstić information content (AvgIpc) is 2.61. The maximum atomic E-state index is 8.97. The van der Waals surface area contributed by atoms with Crippen LogP contribution in [0.15, 0.2) is 12.4 Å². The van der Waals surface area contributed by atoms with Crippen LogP contribution in [0.4, 0.5) is 0 Å². The Balaban J connectivity index is 2.46. The molecular weight excluding hydrogens is 190 g/mol. The van der Waals surface area contributed by atoms with Crippen LogP contribution in [-0.2, 0) is 13.6 Å². The molecule has 15 heavy (non-hydrogen) atoms. The molecule has 1 heterocycles. The molecule has 0 spiro atoms. The zero-order valence-electron chi connectivity index (χ0n) is 9.69. The van der Waals surface area contributed by atoms with Gasteiger partial charge < -0.3 is 9.67 Å². The molecule has 0 fully saturated rings. The fourth-order valence-electron chi connectivity index (χ4n) is 1.54. The van der Waals surface area contributed by atoms with E-state index >= 15 is 0 Å². The van der Waals surface area contributed by atoms with Gasteiger partial charge in [0.05, 0.1) is 13.2 Å². The molecule has 0 saturated heterocycles. The molecule has 1 N–H and O–H groups in total. The largest absolute Gasteiger partial charge is 0.395 e. The molecule has 86 valence electrons. The second-order valence-corrected chi connectivity index (χ2v) is 3.81. The molecule has 0 aliphatic carbocycles. The van der Waals surface area contributed by atoms with E-state index in [0.717, 1.165) is 25.5 Å². The molecule has 0 amide bonds. The van der Waals surface area contributed by atoms with Crippen molar-refractivity contribution in [2.75, 3.05) is 19.7 Å². The van der Waals surface area contributed by atoms with Crippen molar-refractivity contribution in [3.63, 3.8) is 0 Å². The second-order valence-electron chi connectivity index (χ2n) is 3.81. The molecule has 0 aliphatic heterocycles. The number of unbranched alkanes of at least 4 members (excludes halogenated alkanes) is 1. The first kappa shape index (κ1) is 12.2. The molecule has 0 radical (unpaired) electrons. The summed E-state index contributed by atoms with van der Waals surface area (Å²) in [7, 11) is 2.00. The van der Waals surface area contributed by atoms with E-state index < -0.39 is 0 Å². The number of nitrogens with zero attached hydrogens (tertiary/aromatic N) is 3. The number of imidazole rings is 1. The summed E-state index contributed by atoms with van der Waals surface area (Å²) >= 11 is 0. The summed E-state index contributed by atoms with van der Waals surface area (Å²) in [4.78, 5) is 6.53. The molecule has 0 unspecified atom stereocenters. The van der Waals surface area contributed by atoms with Crippen molar-refractivity contribution in [3.05, 3.63) is 18.2 Å². The van der Waals surface area contributed by atoms with E-state index in [2.05, 4.69) is 16.8 Å². The number of hydrogen-bond donors (Lipinski definition) is 1. The number of aliphatic hydroxyl groups is 1. The van der Waals surface area contributed by atoms with Crippen molar-refractivity contribution in [3.8, 4) is 0 Å². The van der Waals surface area contributed by atoms with Gasteiger partial charge in [-0.3, -0.25) is 4.90 Å². The first-order valence-electron chi connectivity index (χ1n) is 5.57. The molecule has 1 rings (SSSR count). The van der Waals surface area contributed by atoms with E-state index in [1.807, 2.05) is 24.0 Å². The Bertz CT molecular complexity index is 273. The molecule has 0 atom stereocenters. The molecule has 0 aromatic carbocycles. The Morgan fingerprint density at radius 2 is 2.27 bits per heavy atom. The molecule has 4 nitrogen and oxygen atoms in total. The van der Waals surface area contributed by atoms with Crippen molar-refractivity contribution in [2.24, 2.45) is 7.05 Å². The summed E-state index contributed by atoms with van der Waals surface area (Å²) in [5.41, 5.74) is 0. The molecule has 0 aliphatic rings. The zero-order valence-corrected chi connectivity index (χ0v) is 9.69. The van der Waals surface area contributed by atoms with Crippen molar-refractivity contribution < 1.29 is 5.11 Å². The molecule has 1 aromatic heterocycles. The molecule has 1 aromatic rings. The lowest BCUT2D eigenvalue weighted by atomic mass is 10.3. The van der Waals surface area contributed by atoms with Crippen molar-refractivity contribution in [1.29, 1.82) is 0 Å². The third kappa shape index (κ3) is 4.01. The number of aryl methyl sites for hydroxylation is 1. The number of hydrogen-bond acceptors (Lipinski definition) is 3. The first-order valence-corrected chi connectivity index (χ1v) is 5.57. The van der Waals surface area contributed by atoms with Gasteiger partial charge in [-0.15, -0.1) is 0 Å². The van der Waals surface area contributed by atoms with Crippen molar-refractivity contribution in [2.45, 2.75) is 26.3 Å². The topological polar surface area (TPSA) is 41.3 Å². The first-order chi connectivity index (χ1) is 7.27. The van der Waals surface area contributed by atoms with Gasteiger partial charge in [-0.05, 0) is 13.0 Å². The highest BCUT2D eigenvalue weighted by molar-refractivity contribution is 4.90. The Morgan fingerprint density at radius 1 is 1.47 bits per heavy atom. The summed E-state index contributed by atoms with van der Waals surface area (Å²) in [6, 6.07) is 0. The van der Waals surface area contributed by atoms with Gasteiger partial charge in [-0.25, -0.2) is 4.98 Å². The second kappa shape index (κ2) is 6.58. The van der Waals surface area contributed by atoms with Gasteiger partial charge in [-0.1, -0.05) is 13.3 Å². The number of rotatable bonds is 7. The van der Waals surface area contributed by atoms with Crippen LogP contribution in [0.5, 0.6) is 0 Å². The lowest BCUT2D eigenvalue weighted by molar-refractivity contribution is 0.184. The average molecular weight is 211 g/mol. The Morgan fingerprint density at radius 3 is 2.80 bits per heavy atom. The molecule has 0 saturated carbocycles. The summed E-state index contributed by atoms with van der Waals surface area (Å²) in [5, 5.41) is 8.97. The predicted octanol–water partition coefficient (Wildman–Crippen LogP) is 1.01. The zero-order chi connectivity index (χ0) is 11.1. The molecular formula is C11H21N3O. The van der Waals surface area contributed by atoms with E-state index in [1.54, 1.807) is 0 Å². The van der Waals surface area contributed by atoms with Gasteiger partial charge in [-0.2, -0.15) is 0 Å². The smallest absolute Gasteiger partial charge is 0.122 e. The number of aliphatic hydroxyl groups excluding tert-OH is 1. The van der Waals surface area contributed by atoms with Gasteiger partial charge in [0.25, 0.3) is 0 Å². The van der Waals surface area contributed by atoms with E-state index in [-0.39, 0.29) is 6.61 Å². The Labute approximate surface area is 91.5 Å². The predicted molar refractivity (Wildman–Crippen MR) is 60.5 cm³/mol. The summed E-state index contributed by atoms with van der Waals surface area (Å²) in [6.45, 7) is 4.98. The van der Waals surface area contributed by atoms with Crippen LogP contribution < -0.4 is 0 Å². The van der Waals surface area contributed by atoms with Crippen LogP contribution >= 0.6 is 0 Å². The van der Waals surface area contributed by atoms with E-state index in [9.17, 15) is 0 Å². The Hall–Kier alpha value is -0.870. The van der Waals surface area contributed by atoms with Gasteiger partial charge in [0.1, 0.15) is 5.82 Å². The van der Waals surface area contributed by atoms with E-state index in [0.29, 0.717) is 0 Å². The highest BCUT2D eigenvalue weighted by Crippen LogP contribution is 2.03. The highest BCUT2D eigenvalue weighted by atomic mass is 16.3.